The van der Waals surface area contributed by atoms with Crippen molar-refractivity contribution < 1.29 is 4.74 Å². The zero-order chi connectivity index (χ0) is 11.7. The molecule has 1 aromatic carbocycles. The molecule has 0 amide bonds. The molecule has 0 atom stereocenters. The second-order valence-corrected chi connectivity index (χ2v) is 4.19. The van der Waals surface area contributed by atoms with Crippen molar-refractivity contribution in [1.29, 1.82) is 0 Å². The molecule has 3 rings (SSSR count). The molecule has 0 unspecified atom stereocenters. The van der Waals surface area contributed by atoms with E-state index in [1.54, 1.807) is 0 Å². The highest BCUT2D eigenvalue weighted by Crippen LogP contribution is 2.25. The second kappa shape index (κ2) is 4.22. The predicted molar refractivity (Wildman–Crippen MR) is 69.2 cm³/mol. The summed E-state index contributed by atoms with van der Waals surface area (Å²) < 4.78 is 5.34. The van der Waals surface area contributed by atoms with E-state index < -0.39 is 0 Å². The van der Waals surface area contributed by atoms with Gasteiger partial charge in [-0.15, -0.1) is 0 Å². The van der Waals surface area contributed by atoms with E-state index in [0.29, 0.717) is 0 Å². The number of hydrogen-bond donors (Lipinski definition) is 1. The lowest BCUT2D eigenvalue weighted by Gasteiger charge is -2.28. The van der Waals surface area contributed by atoms with Gasteiger partial charge in [-0.3, -0.25) is 0 Å². The average Bonchev–Trinajstić information content (AvgIpc) is 2.39. The number of benzene rings is 1. The fraction of sp³-hybridized carbons (Fsp3) is 0.308. The summed E-state index contributed by atoms with van der Waals surface area (Å²) in [6.07, 6.45) is 0. The lowest BCUT2D eigenvalue weighted by molar-refractivity contribution is 0.122. The Kier molecular flexibility index (Phi) is 2.57. The van der Waals surface area contributed by atoms with Crippen molar-refractivity contribution in [3.8, 4) is 0 Å². The number of fused-ring (bicyclic) bond motifs is 1. The van der Waals surface area contributed by atoms with Crippen LogP contribution in [0.5, 0.6) is 0 Å². The molecule has 4 nitrogen and oxygen atoms in total. The van der Waals surface area contributed by atoms with E-state index in [1.165, 1.54) is 0 Å². The average molecular weight is 229 g/mol. The van der Waals surface area contributed by atoms with E-state index in [9.17, 15) is 0 Å². The molecule has 0 saturated carbocycles. The largest absolute Gasteiger partial charge is 0.396 e. The quantitative estimate of drug-likeness (QED) is 0.808. The molecular weight excluding hydrogens is 214 g/mol. The zero-order valence-corrected chi connectivity index (χ0v) is 9.60. The molecule has 1 aliphatic heterocycles. The first kappa shape index (κ1) is 10.4. The van der Waals surface area contributed by atoms with Crippen LogP contribution in [0.4, 0.5) is 11.5 Å². The summed E-state index contributed by atoms with van der Waals surface area (Å²) in [6.45, 7) is 3.20. The Morgan fingerprint density at radius 2 is 1.94 bits per heavy atom. The third-order valence-corrected chi connectivity index (χ3v) is 3.04. The van der Waals surface area contributed by atoms with Crippen LogP contribution >= 0.6 is 0 Å². The molecule has 2 N–H and O–H groups in total. The van der Waals surface area contributed by atoms with E-state index in [4.69, 9.17) is 10.5 Å². The van der Waals surface area contributed by atoms with E-state index >= 15 is 0 Å². The van der Waals surface area contributed by atoms with Crippen LogP contribution in [0.25, 0.3) is 10.9 Å². The predicted octanol–water partition coefficient (Wildman–Crippen LogP) is 1.65. The van der Waals surface area contributed by atoms with Gasteiger partial charge >= 0.3 is 0 Å². The number of nitrogens with zero attached hydrogens (tertiary/aromatic N) is 2. The van der Waals surface area contributed by atoms with E-state index in [0.717, 1.165) is 48.7 Å². The second-order valence-electron chi connectivity index (χ2n) is 4.19. The van der Waals surface area contributed by atoms with Crippen molar-refractivity contribution in [3.05, 3.63) is 30.3 Å². The minimum Gasteiger partial charge on any atom is -0.396 e. The standard InChI is InChI=1S/C13H15N3O/c14-11-9-10-3-1-2-4-12(10)15-13(11)16-5-7-17-8-6-16/h1-4,9H,5-8,14H2. The topological polar surface area (TPSA) is 51.4 Å². The summed E-state index contributed by atoms with van der Waals surface area (Å²) in [5, 5.41) is 1.09. The normalized spacial score (nSPS) is 16.4. The van der Waals surface area contributed by atoms with Crippen molar-refractivity contribution >= 4 is 22.4 Å². The Labute approximate surface area is 100.0 Å². The number of nitrogen functional groups attached to an aromatic ring is 1. The smallest absolute Gasteiger partial charge is 0.152 e. The number of anilines is 2. The van der Waals surface area contributed by atoms with Crippen LogP contribution in [0.1, 0.15) is 0 Å². The lowest BCUT2D eigenvalue weighted by Crippen LogP contribution is -2.37. The Morgan fingerprint density at radius 1 is 1.18 bits per heavy atom. The first-order valence-corrected chi connectivity index (χ1v) is 5.82. The number of morpholine rings is 1. The summed E-state index contributed by atoms with van der Waals surface area (Å²) in [5.41, 5.74) is 7.80. The maximum absolute atomic E-state index is 6.07. The number of rotatable bonds is 1. The molecule has 4 heteroatoms. The summed E-state index contributed by atoms with van der Waals surface area (Å²) in [4.78, 5) is 6.83. The van der Waals surface area contributed by atoms with Gasteiger partial charge in [0, 0.05) is 18.5 Å². The van der Waals surface area contributed by atoms with E-state index in [1.807, 2.05) is 30.3 Å². The Bertz CT molecular complexity index is 535. The Morgan fingerprint density at radius 3 is 2.76 bits per heavy atom. The van der Waals surface area contributed by atoms with Gasteiger partial charge in [-0.05, 0) is 12.1 Å². The van der Waals surface area contributed by atoms with Gasteiger partial charge in [0.2, 0.25) is 0 Å². The fourth-order valence-corrected chi connectivity index (χ4v) is 2.15. The van der Waals surface area contributed by atoms with E-state index in [-0.39, 0.29) is 0 Å². The minimum atomic E-state index is 0.741. The van der Waals surface area contributed by atoms with Gasteiger partial charge in [0.25, 0.3) is 0 Å². The highest BCUT2D eigenvalue weighted by atomic mass is 16.5. The number of aromatic nitrogens is 1. The Balaban J connectivity index is 2.06. The molecule has 0 aliphatic carbocycles. The van der Waals surface area contributed by atoms with Crippen LogP contribution in [0.2, 0.25) is 0 Å². The van der Waals surface area contributed by atoms with Gasteiger partial charge < -0.3 is 15.4 Å². The van der Waals surface area contributed by atoms with Crippen molar-refractivity contribution in [1.82, 2.24) is 4.98 Å². The summed E-state index contributed by atoms with van der Waals surface area (Å²) in [7, 11) is 0. The minimum absolute atomic E-state index is 0.741. The van der Waals surface area contributed by atoms with Crippen molar-refractivity contribution in [2.24, 2.45) is 0 Å². The molecule has 2 heterocycles. The zero-order valence-electron chi connectivity index (χ0n) is 9.60. The van der Waals surface area contributed by atoms with Crippen molar-refractivity contribution in [2.45, 2.75) is 0 Å². The fourth-order valence-electron chi connectivity index (χ4n) is 2.15. The number of nitrogens with two attached hydrogens (primary N) is 1. The number of pyridine rings is 1. The molecule has 1 fully saturated rings. The SMILES string of the molecule is Nc1cc2ccccc2nc1N1CCOCC1. The van der Waals surface area contributed by atoms with Crippen LogP contribution in [-0.4, -0.2) is 31.3 Å². The lowest BCUT2D eigenvalue weighted by atomic mass is 10.2. The Hall–Kier alpha value is -1.81. The van der Waals surface area contributed by atoms with Crippen LogP contribution in [-0.2, 0) is 4.74 Å². The first-order valence-electron chi connectivity index (χ1n) is 5.82. The maximum Gasteiger partial charge on any atom is 0.152 e. The molecule has 2 aromatic rings. The molecule has 1 saturated heterocycles. The molecule has 17 heavy (non-hydrogen) atoms. The number of hydrogen-bond acceptors (Lipinski definition) is 4. The highest BCUT2D eigenvalue weighted by Gasteiger charge is 2.15. The summed E-state index contributed by atoms with van der Waals surface area (Å²) in [5.74, 6) is 0.881. The van der Waals surface area contributed by atoms with Crippen molar-refractivity contribution in [3.63, 3.8) is 0 Å². The summed E-state index contributed by atoms with van der Waals surface area (Å²) in [6, 6.07) is 10.0. The number of para-hydroxylation sites is 1. The van der Waals surface area contributed by atoms with Crippen molar-refractivity contribution in [2.75, 3.05) is 36.9 Å². The van der Waals surface area contributed by atoms with Crippen LogP contribution in [0.15, 0.2) is 30.3 Å². The van der Waals surface area contributed by atoms with Gasteiger partial charge in [-0.1, -0.05) is 18.2 Å². The molecule has 0 radical (unpaired) electrons. The molecule has 88 valence electrons. The third kappa shape index (κ3) is 1.91. The summed E-state index contributed by atoms with van der Waals surface area (Å²) >= 11 is 0. The van der Waals surface area contributed by atoms with Gasteiger partial charge in [0.1, 0.15) is 0 Å². The molecule has 0 spiro atoms. The number of ether oxygens (including phenoxy) is 1. The van der Waals surface area contributed by atoms with Gasteiger partial charge in [0.15, 0.2) is 5.82 Å². The van der Waals surface area contributed by atoms with E-state index in [2.05, 4.69) is 9.88 Å². The maximum atomic E-state index is 6.07. The monoisotopic (exact) mass is 229 g/mol. The van der Waals surface area contributed by atoms with Gasteiger partial charge in [0.05, 0.1) is 24.4 Å². The van der Waals surface area contributed by atoms with Crippen LogP contribution in [0.3, 0.4) is 0 Å². The molecule has 1 aliphatic rings. The van der Waals surface area contributed by atoms with Gasteiger partial charge in [-0.2, -0.15) is 0 Å². The third-order valence-electron chi connectivity index (χ3n) is 3.04. The first-order chi connectivity index (χ1) is 8.34. The van der Waals surface area contributed by atoms with Crippen LogP contribution < -0.4 is 10.6 Å². The van der Waals surface area contributed by atoms with Crippen LogP contribution in [0, 0.1) is 0 Å². The molecule has 1 aromatic heterocycles. The molecular formula is C13H15N3O. The molecule has 0 bridgehead atoms. The highest BCUT2D eigenvalue weighted by molar-refractivity contribution is 5.86. The van der Waals surface area contributed by atoms with Gasteiger partial charge in [-0.25, -0.2) is 4.98 Å².